The Morgan fingerprint density at radius 2 is 1.62 bits per heavy atom. The van der Waals surface area contributed by atoms with Gasteiger partial charge in [0.2, 0.25) is 15.9 Å². The van der Waals surface area contributed by atoms with E-state index in [0.29, 0.717) is 19.6 Å². The fourth-order valence-corrected chi connectivity index (χ4v) is 5.51. The molecule has 1 saturated carbocycles. The minimum Gasteiger partial charge on any atom is -0.351 e. The number of benzene rings is 2. The predicted octanol–water partition coefficient (Wildman–Crippen LogP) is 4.22. The first kappa shape index (κ1) is 22.0. The van der Waals surface area contributed by atoms with Crippen LogP contribution in [0.4, 0.5) is 0 Å². The highest BCUT2D eigenvalue weighted by atomic mass is 79.9. The topological polar surface area (TPSA) is 66.5 Å². The number of rotatable bonds is 8. The number of amides is 1. The molecule has 1 amide bonds. The Balaban J connectivity index is 1.68. The second kappa shape index (κ2) is 8.98. The zero-order valence-corrected chi connectivity index (χ0v) is 19.2. The van der Waals surface area contributed by atoms with E-state index in [4.69, 9.17) is 0 Å². The molecule has 7 heteroatoms. The van der Waals surface area contributed by atoms with Crippen LogP contribution in [0.25, 0.3) is 0 Å². The van der Waals surface area contributed by atoms with Crippen LogP contribution in [-0.4, -0.2) is 31.7 Å². The van der Waals surface area contributed by atoms with Crippen LogP contribution in [0.1, 0.15) is 44.2 Å². The lowest BCUT2D eigenvalue weighted by molar-refractivity contribution is -0.130. The summed E-state index contributed by atoms with van der Waals surface area (Å²) < 4.78 is 27.6. The molecular weight excluding hydrogens is 452 g/mol. The molecule has 156 valence electrons. The Hall–Kier alpha value is -1.70. The van der Waals surface area contributed by atoms with Crippen molar-refractivity contribution in [3.8, 4) is 0 Å². The number of hydrogen-bond donors (Lipinski definition) is 1. The average molecular weight is 479 g/mol. The lowest BCUT2D eigenvalue weighted by Crippen LogP contribution is -2.48. The molecule has 0 atom stereocenters. The molecule has 0 unspecified atom stereocenters. The molecule has 1 fully saturated rings. The number of carbonyl (C=O) groups excluding carboxylic acids is 1. The van der Waals surface area contributed by atoms with Crippen LogP contribution in [0.5, 0.6) is 0 Å². The highest BCUT2D eigenvalue weighted by Gasteiger charge is 2.45. The molecule has 0 bridgehead atoms. The zero-order valence-electron chi connectivity index (χ0n) is 16.8. The van der Waals surface area contributed by atoms with Gasteiger partial charge in [-0.25, -0.2) is 8.42 Å². The first-order valence-electron chi connectivity index (χ1n) is 9.97. The number of nitrogens with zero attached hydrogens (tertiary/aromatic N) is 1. The quantitative estimate of drug-likeness (QED) is 0.617. The second-order valence-electron chi connectivity index (χ2n) is 7.36. The summed E-state index contributed by atoms with van der Waals surface area (Å²) in [6, 6.07) is 14.7. The van der Waals surface area contributed by atoms with Crippen molar-refractivity contribution >= 4 is 31.9 Å². The van der Waals surface area contributed by atoms with Crippen molar-refractivity contribution in [1.82, 2.24) is 9.62 Å². The van der Waals surface area contributed by atoms with Crippen molar-refractivity contribution in [3.63, 3.8) is 0 Å². The van der Waals surface area contributed by atoms with E-state index < -0.39 is 15.4 Å². The van der Waals surface area contributed by atoms with Gasteiger partial charge in [0.1, 0.15) is 0 Å². The molecule has 1 aliphatic carbocycles. The van der Waals surface area contributed by atoms with Crippen molar-refractivity contribution in [3.05, 3.63) is 64.1 Å². The van der Waals surface area contributed by atoms with E-state index in [1.54, 1.807) is 24.3 Å². The molecule has 1 N–H and O–H groups in total. The summed E-state index contributed by atoms with van der Waals surface area (Å²) in [5, 5.41) is 3.05. The molecule has 2 aromatic carbocycles. The number of nitrogens with one attached hydrogen (secondary N) is 1. The highest BCUT2D eigenvalue weighted by molar-refractivity contribution is 9.10. The maximum atomic E-state index is 13.0. The van der Waals surface area contributed by atoms with Gasteiger partial charge in [-0.05, 0) is 48.2 Å². The summed E-state index contributed by atoms with van der Waals surface area (Å²) >= 11 is 3.44. The van der Waals surface area contributed by atoms with Gasteiger partial charge in [-0.1, -0.05) is 60.5 Å². The van der Waals surface area contributed by atoms with Gasteiger partial charge >= 0.3 is 0 Å². The minimum absolute atomic E-state index is 0.0333. The van der Waals surface area contributed by atoms with Crippen LogP contribution in [0.15, 0.2) is 57.9 Å². The number of halogens is 1. The Labute approximate surface area is 181 Å². The normalized spacial score (nSPS) is 15.7. The molecule has 0 heterocycles. The molecule has 2 aromatic rings. The molecule has 0 aromatic heterocycles. The lowest BCUT2D eigenvalue weighted by Gasteiger charge is -2.40. The maximum absolute atomic E-state index is 13.0. The van der Waals surface area contributed by atoms with Crippen LogP contribution in [0.2, 0.25) is 0 Å². The first-order valence-corrected chi connectivity index (χ1v) is 12.2. The predicted molar refractivity (Wildman–Crippen MR) is 118 cm³/mol. The van der Waals surface area contributed by atoms with Crippen LogP contribution in [0, 0.1) is 0 Å². The van der Waals surface area contributed by atoms with Gasteiger partial charge < -0.3 is 5.32 Å². The second-order valence-corrected chi connectivity index (χ2v) is 10.2. The summed E-state index contributed by atoms with van der Waals surface area (Å²) in [7, 11) is -3.46. The Kier molecular flexibility index (Phi) is 6.81. The number of hydrogen-bond acceptors (Lipinski definition) is 3. The summed E-state index contributed by atoms with van der Waals surface area (Å²) in [4.78, 5) is 13.3. The van der Waals surface area contributed by atoms with Gasteiger partial charge in [-0.15, -0.1) is 0 Å². The fourth-order valence-electron chi connectivity index (χ4n) is 3.79. The van der Waals surface area contributed by atoms with Crippen molar-refractivity contribution in [2.75, 3.05) is 13.1 Å². The van der Waals surface area contributed by atoms with Gasteiger partial charge in [0.15, 0.2) is 0 Å². The minimum atomic E-state index is -3.46. The van der Waals surface area contributed by atoms with Crippen molar-refractivity contribution < 1.29 is 13.2 Å². The van der Waals surface area contributed by atoms with Gasteiger partial charge in [-0.2, -0.15) is 4.31 Å². The van der Waals surface area contributed by atoms with Crippen molar-refractivity contribution in [1.29, 1.82) is 0 Å². The van der Waals surface area contributed by atoms with E-state index in [1.807, 2.05) is 38.1 Å². The van der Waals surface area contributed by atoms with Gasteiger partial charge in [-0.3, -0.25) is 4.79 Å². The van der Waals surface area contributed by atoms with E-state index in [1.165, 1.54) is 4.31 Å². The van der Waals surface area contributed by atoms with Gasteiger partial charge in [0.05, 0.1) is 10.3 Å². The molecule has 0 saturated heterocycles. The molecule has 0 aliphatic heterocycles. The molecule has 1 aliphatic rings. The van der Waals surface area contributed by atoms with Crippen molar-refractivity contribution in [2.24, 2.45) is 0 Å². The summed E-state index contributed by atoms with van der Waals surface area (Å²) in [6.07, 6.45) is 2.74. The summed E-state index contributed by atoms with van der Waals surface area (Å²) in [5.74, 6) is 0.0333. The standard InChI is InChI=1S/C22H27BrN2O3S/c1-3-25(4-2)29(27,28)20-12-6-17(7-13-20)16-24-21(26)22(14-5-15-22)18-8-10-19(23)11-9-18/h6-13H,3-5,14-16H2,1-2H3,(H,24,26). The largest absolute Gasteiger partial charge is 0.351 e. The monoisotopic (exact) mass is 478 g/mol. The molecule has 29 heavy (non-hydrogen) atoms. The third kappa shape index (κ3) is 4.42. The lowest BCUT2D eigenvalue weighted by atomic mass is 9.64. The Morgan fingerprint density at radius 1 is 1.03 bits per heavy atom. The zero-order chi connectivity index (χ0) is 21.1. The van der Waals surface area contributed by atoms with E-state index in [2.05, 4.69) is 21.2 Å². The van der Waals surface area contributed by atoms with Crippen molar-refractivity contribution in [2.45, 2.75) is 50.0 Å². The molecule has 3 rings (SSSR count). The summed E-state index contributed by atoms with van der Waals surface area (Å²) in [6.45, 7) is 4.91. The first-order chi connectivity index (χ1) is 13.8. The maximum Gasteiger partial charge on any atom is 0.243 e. The van der Waals surface area contributed by atoms with E-state index in [-0.39, 0.29) is 10.8 Å². The van der Waals surface area contributed by atoms with Gasteiger partial charge in [0.25, 0.3) is 0 Å². The number of sulfonamides is 1. The highest BCUT2D eigenvalue weighted by Crippen LogP contribution is 2.44. The smallest absolute Gasteiger partial charge is 0.243 e. The molecule has 0 spiro atoms. The average Bonchev–Trinajstić information content (AvgIpc) is 2.68. The fraction of sp³-hybridized carbons (Fsp3) is 0.409. The molecule has 5 nitrogen and oxygen atoms in total. The Bertz CT molecular complexity index is 949. The Morgan fingerprint density at radius 3 is 2.10 bits per heavy atom. The van der Waals surface area contributed by atoms with Crippen LogP contribution >= 0.6 is 15.9 Å². The van der Waals surface area contributed by atoms with Crippen LogP contribution < -0.4 is 5.32 Å². The summed E-state index contributed by atoms with van der Waals surface area (Å²) in [5.41, 5.74) is 1.47. The molecular formula is C22H27BrN2O3S. The number of carbonyl (C=O) groups is 1. The van der Waals surface area contributed by atoms with E-state index in [0.717, 1.165) is 34.9 Å². The van der Waals surface area contributed by atoms with E-state index in [9.17, 15) is 13.2 Å². The molecule has 0 radical (unpaired) electrons. The third-order valence-electron chi connectivity index (χ3n) is 5.76. The SMILES string of the molecule is CCN(CC)S(=O)(=O)c1ccc(CNC(=O)C2(c3ccc(Br)cc3)CCC2)cc1. The third-order valence-corrected chi connectivity index (χ3v) is 8.35. The van der Waals surface area contributed by atoms with Crippen LogP contribution in [0.3, 0.4) is 0 Å². The van der Waals surface area contributed by atoms with E-state index >= 15 is 0 Å². The van der Waals surface area contributed by atoms with Gasteiger partial charge in [0, 0.05) is 24.1 Å². The van der Waals surface area contributed by atoms with Crippen LogP contribution in [-0.2, 0) is 26.8 Å².